The maximum Gasteiger partial charge on any atom is 0.168 e. The second-order valence-electron chi connectivity index (χ2n) is 5.15. The van der Waals surface area contributed by atoms with Crippen molar-refractivity contribution in [1.29, 1.82) is 0 Å². The van der Waals surface area contributed by atoms with Crippen molar-refractivity contribution in [3.05, 3.63) is 67.0 Å². The molecule has 0 aliphatic heterocycles. The normalized spacial score (nSPS) is 12.0. The van der Waals surface area contributed by atoms with Gasteiger partial charge in [0.2, 0.25) is 0 Å². The van der Waals surface area contributed by atoms with Gasteiger partial charge in [-0.25, -0.2) is 0 Å². The molecule has 0 saturated heterocycles. The summed E-state index contributed by atoms with van der Waals surface area (Å²) in [6, 6.07) is 19.3. The maximum absolute atomic E-state index is 3.43. The lowest BCUT2D eigenvalue weighted by molar-refractivity contribution is -0.587. The van der Waals surface area contributed by atoms with E-state index in [0.29, 0.717) is 0 Å². The zero-order valence-electron chi connectivity index (χ0n) is 10.7. The SMILES string of the molecule is c1cc2ccc3ccn4[nH][n+]5ccccc5c(c1)c2c34. The monoisotopic (exact) mass is 258 g/mol. The summed E-state index contributed by atoms with van der Waals surface area (Å²) in [6.07, 6.45) is 4.13. The highest BCUT2D eigenvalue weighted by atomic mass is 15.4. The minimum atomic E-state index is 1.18. The van der Waals surface area contributed by atoms with Crippen molar-refractivity contribution < 1.29 is 4.52 Å². The third-order valence-corrected chi connectivity index (χ3v) is 4.04. The van der Waals surface area contributed by atoms with E-state index in [2.05, 4.69) is 69.0 Å². The first-order chi connectivity index (χ1) is 9.92. The molecule has 0 aliphatic rings. The molecule has 5 rings (SSSR count). The van der Waals surface area contributed by atoms with Gasteiger partial charge in [0.15, 0.2) is 11.0 Å². The fourth-order valence-corrected chi connectivity index (χ4v) is 3.16. The third kappa shape index (κ3) is 1.12. The van der Waals surface area contributed by atoms with Crippen LogP contribution in [0.4, 0.5) is 0 Å². The quantitative estimate of drug-likeness (QED) is 0.412. The van der Waals surface area contributed by atoms with E-state index in [0.717, 1.165) is 0 Å². The molecule has 0 atom stereocenters. The van der Waals surface area contributed by atoms with Crippen LogP contribution in [0.3, 0.4) is 0 Å². The Labute approximate surface area is 114 Å². The van der Waals surface area contributed by atoms with Crippen LogP contribution in [0.25, 0.3) is 32.6 Å². The molecule has 0 aliphatic carbocycles. The van der Waals surface area contributed by atoms with Crippen molar-refractivity contribution in [2.75, 3.05) is 0 Å². The molecule has 0 fully saturated rings. The molecular weight excluding hydrogens is 246 g/mol. The zero-order valence-corrected chi connectivity index (χ0v) is 10.7. The van der Waals surface area contributed by atoms with Crippen LogP contribution in [0.15, 0.2) is 67.0 Å². The molecule has 0 amide bonds. The molecule has 1 N–H and O–H groups in total. The predicted molar refractivity (Wildman–Crippen MR) is 79.9 cm³/mol. The van der Waals surface area contributed by atoms with Crippen molar-refractivity contribution in [2.24, 2.45) is 0 Å². The van der Waals surface area contributed by atoms with Crippen LogP contribution in [0.5, 0.6) is 0 Å². The topological polar surface area (TPSA) is 24.3 Å². The Morgan fingerprint density at radius 1 is 0.850 bits per heavy atom. The van der Waals surface area contributed by atoms with Gasteiger partial charge in [0.1, 0.15) is 12.4 Å². The highest BCUT2D eigenvalue weighted by Crippen LogP contribution is 2.30. The lowest BCUT2D eigenvalue weighted by atomic mass is 10.0. The van der Waals surface area contributed by atoms with E-state index in [9.17, 15) is 0 Å². The minimum absolute atomic E-state index is 1.18. The predicted octanol–water partition coefficient (Wildman–Crippen LogP) is 3.31. The van der Waals surface area contributed by atoms with Crippen molar-refractivity contribution in [3.63, 3.8) is 0 Å². The highest BCUT2D eigenvalue weighted by molar-refractivity contribution is 6.17. The molecule has 3 nitrogen and oxygen atoms in total. The van der Waals surface area contributed by atoms with E-state index < -0.39 is 0 Å². The van der Waals surface area contributed by atoms with E-state index in [-0.39, 0.29) is 0 Å². The summed E-state index contributed by atoms with van der Waals surface area (Å²) in [5, 5.41) is 8.53. The number of nitrogens with zero attached hydrogens (tertiary/aromatic N) is 2. The summed E-state index contributed by atoms with van der Waals surface area (Å²) >= 11 is 0. The van der Waals surface area contributed by atoms with Crippen molar-refractivity contribution >= 4 is 32.6 Å². The molecular formula is C17H12N3+. The van der Waals surface area contributed by atoms with Crippen LogP contribution in [-0.4, -0.2) is 9.73 Å². The fourth-order valence-electron chi connectivity index (χ4n) is 3.16. The maximum atomic E-state index is 3.43. The first-order valence-electron chi connectivity index (χ1n) is 6.73. The molecule has 20 heavy (non-hydrogen) atoms. The van der Waals surface area contributed by atoms with Gasteiger partial charge in [-0.3, -0.25) is 0 Å². The van der Waals surface area contributed by atoms with E-state index >= 15 is 0 Å². The van der Waals surface area contributed by atoms with Gasteiger partial charge in [-0.05, 0) is 35.7 Å². The Morgan fingerprint density at radius 3 is 2.80 bits per heavy atom. The van der Waals surface area contributed by atoms with Crippen LogP contribution in [0.1, 0.15) is 0 Å². The molecule has 0 radical (unpaired) electrons. The molecule has 3 heterocycles. The highest BCUT2D eigenvalue weighted by Gasteiger charge is 2.14. The van der Waals surface area contributed by atoms with Gasteiger partial charge in [0.25, 0.3) is 0 Å². The number of pyridine rings is 1. The van der Waals surface area contributed by atoms with E-state index in [1.54, 1.807) is 0 Å². The Bertz CT molecular complexity index is 1100. The van der Waals surface area contributed by atoms with Gasteiger partial charge in [0, 0.05) is 16.2 Å². The minimum Gasteiger partial charge on any atom is -0.134 e. The summed E-state index contributed by atoms with van der Waals surface area (Å²) < 4.78 is 4.16. The number of aromatic amines is 1. The molecule has 3 aromatic heterocycles. The number of nitrogens with one attached hydrogen (secondary N) is 1. The fraction of sp³-hybridized carbons (Fsp3) is 0. The zero-order chi connectivity index (χ0) is 13.1. The van der Waals surface area contributed by atoms with E-state index in [4.69, 9.17) is 0 Å². The summed E-state index contributed by atoms with van der Waals surface area (Å²) in [6.45, 7) is 0. The van der Waals surface area contributed by atoms with Crippen LogP contribution < -0.4 is 4.52 Å². The molecule has 0 spiro atoms. The summed E-state index contributed by atoms with van der Waals surface area (Å²) in [4.78, 5) is 0. The van der Waals surface area contributed by atoms with Crippen molar-refractivity contribution in [3.8, 4) is 0 Å². The van der Waals surface area contributed by atoms with Gasteiger partial charge in [-0.1, -0.05) is 29.5 Å². The Kier molecular flexibility index (Phi) is 1.70. The average molecular weight is 258 g/mol. The van der Waals surface area contributed by atoms with Gasteiger partial charge in [0.05, 0.1) is 0 Å². The summed E-state index contributed by atoms with van der Waals surface area (Å²) in [7, 11) is 0. The Hall–Kier alpha value is -2.81. The number of benzene rings is 2. The molecule has 0 unspecified atom stereocenters. The third-order valence-electron chi connectivity index (χ3n) is 4.04. The summed E-state index contributed by atoms with van der Waals surface area (Å²) in [5.74, 6) is 0. The molecule has 3 heteroatoms. The number of hydrogen-bond donors (Lipinski definition) is 1. The standard InChI is InChI=1S/C17H12N3/c1-2-10-19-15(6-1)14-5-3-4-12-7-8-13-9-11-20(18-19)17(13)16(12)14/h1-11,18H/q+1. The lowest BCUT2D eigenvalue weighted by Gasteiger charge is -1.99. The Morgan fingerprint density at radius 2 is 1.80 bits per heavy atom. The van der Waals surface area contributed by atoms with Gasteiger partial charge >= 0.3 is 0 Å². The second-order valence-corrected chi connectivity index (χ2v) is 5.15. The largest absolute Gasteiger partial charge is 0.168 e. The second kappa shape index (κ2) is 3.39. The van der Waals surface area contributed by atoms with E-state index in [1.807, 2.05) is 12.3 Å². The van der Waals surface area contributed by atoms with Crippen LogP contribution in [0, 0.1) is 0 Å². The molecule has 0 bridgehead atoms. The lowest BCUT2D eigenvalue weighted by Crippen LogP contribution is -2.26. The molecule has 94 valence electrons. The van der Waals surface area contributed by atoms with Crippen molar-refractivity contribution in [2.45, 2.75) is 0 Å². The van der Waals surface area contributed by atoms with Gasteiger partial charge in [-0.15, -0.1) is 9.03 Å². The van der Waals surface area contributed by atoms with Gasteiger partial charge in [-0.2, -0.15) is 0 Å². The first kappa shape index (κ1) is 10.0. The number of hydrogen-bond acceptors (Lipinski definition) is 0. The van der Waals surface area contributed by atoms with E-state index in [1.165, 1.54) is 32.6 Å². The number of rotatable bonds is 0. The van der Waals surface area contributed by atoms with Crippen LogP contribution in [-0.2, 0) is 0 Å². The summed E-state index contributed by atoms with van der Waals surface area (Å²) in [5.41, 5.74) is 2.41. The number of aromatic nitrogens is 3. The molecule has 0 saturated carbocycles. The Balaban J connectivity index is 2.32. The van der Waals surface area contributed by atoms with Crippen LogP contribution in [0.2, 0.25) is 0 Å². The first-order valence-corrected chi connectivity index (χ1v) is 6.73. The average Bonchev–Trinajstić information content (AvgIpc) is 2.84. The molecule has 5 aromatic rings. The number of H-pyrrole nitrogens is 1. The smallest absolute Gasteiger partial charge is 0.134 e. The number of fused-ring (bicyclic) bond motifs is 2. The van der Waals surface area contributed by atoms with Gasteiger partial charge < -0.3 is 0 Å². The van der Waals surface area contributed by atoms with Crippen LogP contribution >= 0.6 is 0 Å². The van der Waals surface area contributed by atoms with Crippen molar-refractivity contribution in [1.82, 2.24) is 9.73 Å². The molecule has 2 aromatic carbocycles.